The Balaban J connectivity index is 1.40. The van der Waals surface area contributed by atoms with Crippen LogP contribution in [-0.4, -0.2) is 39.3 Å². The number of nitrogens with zero attached hydrogens (tertiary/aromatic N) is 3. The number of likely N-dealkylation sites (tertiary alicyclic amines) is 1. The van der Waals surface area contributed by atoms with Gasteiger partial charge in [-0.2, -0.15) is 18.3 Å². The zero-order valence-corrected chi connectivity index (χ0v) is 17.3. The molecule has 2 atom stereocenters. The molecular formula is C19H20BrF3N4O2. The normalized spacial score (nSPS) is 26.5. The average molecular weight is 473 g/mol. The second-order valence-electron chi connectivity index (χ2n) is 8.23. The minimum absolute atomic E-state index is 0.0584. The molecule has 2 aliphatic rings. The van der Waals surface area contributed by atoms with Crippen molar-refractivity contribution in [2.45, 2.75) is 37.9 Å². The Kier molecular flexibility index (Phi) is 4.77. The molecule has 1 saturated carbocycles. The lowest BCUT2D eigenvalue weighted by molar-refractivity contribution is -0.137. The van der Waals surface area contributed by atoms with Crippen LogP contribution in [0.15, 0.2) is 38.5 Å². The van der Waals surface area contributed by atoms with Crippen molar-refractivity contribution in [3.63, 3.8) is 0 Å². The molecule has 1 saturated heterocycles. The number of aromatic amines is 1. The van der Waals surface area contributed by atoms with Crippen molar-refractivity contribution in [2.75, 3.05) is 19.6 Å². The number of fused-ring (bicyclic) bond motifs is 1. The van der Waals surface area contributed by atoms with Gasteiger partial charge in [0.25, 0.3) is 5.56 Å². The number of halogens is 4. The van der Waals surface area contributed by atoms with Crippen molar-refractivity contribution in [3.8, 4) is 0 Å². The van der Waals surface area contributed by atoms with Gasteiger partial charge in [0, 0.05) is 25.0 Å². The average Bonchev–Trinajstić information content (AvgIpc) is 3.12. The number of hydrogen-bond acceptors (Lipinski definition) is 4. The maximum absolute atomic E-state index is 12.8. The minimum Gasteiger partial charge on any atom is -0.302 e. The minimum atomic E-state index is -4.33. The van der Waals surface area contributed by atoms with Crippen LogP contribution in [0.5, 0.6) is 0 Å². The van der Waals surface area contributed by atoms with Crippen LogP contribution >= 0.6 is 15.9 Å². The molecule has 2 heterocycles. The Morgan fingerprint density at radius 3 is 2.52 bits per heavy atom. The second kappa shape index (κ2) is 6.80. The highest BCUT2D eigenvalue weighted by molar-refractivity contribution is 9.10. The summed E-state index contributed by atoms with van der Waals surface area (Å²) in [5.41, 5.74) is -0.818. The highest BCUT2D eigenvalue weighted by Gasteiger charge is 2.69. The lowest BCUT2D eigenvalue weighted by Gasteiger charge is -2.21. The van der Waals surface area contributed by atoms with E-state index in [-0.39, 0.29) is 15.4 Å². The first-order chi connectivity index (χ1) is 13.5. The van der Waals surface area contributed by atoms with Gasteiger partial charge in [0.2, 0.25) is 0 Å². The van der Waals surface area contributed by atoms with E-state index < -0.39 is 23.0 Å². The molecule has 4 rings (SSSR count). The Morgan fingerprint density at radius 2 is 1.86 bits per heavy atom. The van der Waals surface area contributed by atoms with Crippen LogP contribution in [0.2, 0.25) is 0 Å². The molecule has 29 heavy (non-hydrogen) atoms. The number of aryl methyl sites for hydroxylation is 1. The van der Waals surface area contributed by atoms with Crippen molar-refractivity contribution < 1.29 is 13.2 Å². The van der Waals surface area contributed by atoms with Gasteiger partial charge in [0.05, 0.1) is 5.56 Å². The first-order valence-electron chi connectivity index (χ1n) is 9.31. The van der Waals surface area contributed by atoms with Crippen molar-refractivity contribution in [1.82, 2.24) is 19.7 Å². The second-order valence-corrected chi connectivity index (χ2v) is 8.98. The van der Waals surface area contributed by atoms with Gasteiger partial charge < -0.3 is 4.90 Å². The van der Waals surface area contributed by atoms with Gasteiger partial charge in [-0.15, -0.1) is 0 Å². The summed E-state index contributed by atoms with van der Waals surface area (Å²) in [6, 6.07) is 5.55. The summed E-state index contributed by atoms with van der Waals surface area (Å²) in [4.78, 5) is 27.6. The van der Waals surface area contributed by atoms with E-state index in [0.717, 1.165) is 43.8 Å². The zero-order valence-electron chi connectivity index (χ0n) is 15.7. The Hall–Kier alpha value is -1.94. The molecule has 2 aromatic rings. The van der Waals surface area contributed by atoms with Crippen molar-refractivity contribution in [3.05, 3.63) is 60.8 Å². The smallest absolute Gasteiger partial charge is 0.302 e. The summed E-state index contributed by atoms with van der Waals surface area (Å²) in [5, 5.41) is 3.93. The number of benzene rings is 1. The number of alkyl halides is 3. The quantitative estimate of drug-likeness (QED) is 0.726. The number of piperidine rings is 1. The van der Waals surface area contributed by atoms with Gasteiger partial charge in [0.15, 0.2) is 4.60 Å². The summed E-state index contributed by atoms with van der Waals surface area (Å²) in [5.74, 6) is 0. The maximum Gasteiger partial charge on any atom is 0.416 e. The van der Waals surface area contributed by atoms with Gasteiger partial charge in [-0.05, 0) is 58.4 Å². The van der Waals surface area contributed by atoms with E-state index in [0.29, 0.717) is 13.0 Å². The highest BCUT2D eigenvalue weighted by atomic mass is 79.9. The molecule has 6 nitrogen and oxygen atoms in total. The number of aromatic nitrogens is 3. The molecule has 0 bridgehead atoms. The fraction of sp³-hybridized carbons (Fsp3) is 0.526. The zero-order chi connectivity index (χ0) is 21.0. The monoisotopic (exact) mass is 472 g/mol. The number of rotatable bonds is 5. The number of hydrogen-bond donors (Lipinski definition) is 1. The molecule has 1 aliphatic carbocycles. The van der Waals surface area contributed by atoms with Crippen LogP contribution in [-0.2, 0) is 18.1 Å². The molecule has 156 valence electrons. The Morgan fingerprint density at radius 1 is 1.17 bits per heavy atom. The summed E-state index contributed by atoms with van der Waals surface area (Å²) in [6.45, 7) is 4.94. The molecule has 2 fully saturated rings. The summed E-state index contributed by atoms with van der Waals surface area (Å²) in [6.07, 6.45) is -2.69. The van der Waals surface area contributed by atoms with Crippen LogP contribution in [0.4, 0.5) is 13.2 Å². The van der Waals surface area contributed by atoms with E-state index in [1.807, 2.05) is 0 Å². The van der Waals surface area contributed by atoms with E-state index in [1.165, 1.54) is 4.68 Å². The predicted molar refractivity (Wildman–Crippen MR) is 104 cm³/mol. The number of nitrogens with one attached hydrogen (secondary N) is 1. The van der Waals surface area contributed by atoms with Crippen LogP contribution in [0.1, 0.15) is 30.9 Å². The van der Waals surface area contributed by atoms with E-state index in [1.54, 1.807) is 12.1 Å². The molecule has 0 spiro atoms. The first-order valence-corrected chi connectivity index (χ1v) is 10.1. The van der Waals surface area contributed by atoms with Crippen molar-refractivity contribution in [2.24, 2.45) is 5.41 Å². The molecule has 0 radical (unpaired) electrons. The molecule has 1 aromatic carbocycles. The van der Waals surface area contributed by atoms with Gasteiger partial charge >= 0.3 is 11.9 Å². The molecule has 10 heteroatoms. The highest BCUT2D eigenvalue weighted by Crippen LogP contribution is 2.68. The molecule has 1 N–H and O–H groups in total. The van der Waals surface area contributed by atoms with Gasteiger partial charge in [-0.25, -0.2) is 9.48 Å². The largest absolute Gasteiger partial charge is 0.416 e. The molecule has 0 amide bonds. The van der Waals surface area contributed by atoms with E-state index >= 15 is 0 Å². The molecule has 1 aromatic heterocycles. The fourth-order valence-corrected chi connectivity index (χ4v) is 4.98. The van der Waals surface area contributed by atoms with E-state index in [4.69, 9.17) is 0 Å². The predicted octanol–water partition coefficient (Wildman–Crippen LogP) is 2.77. The standard InChI is InChI=1S/C19H20BrF3N4O2/c1-17-9-18(17,12-3-5-13(6-4-12)19(21,22)23)11-26(10-17)7-2-8-27-16(29)24-15(28)14(20)25-27/h3-6H,2,7-11H2,1H3,(H,24,28,29)/t17-,18+/m1/s1. The summed E-state index contributed by atoms with van der Waals surface area (Å²) in [7, 11) is 0. The van der Waals surface area contributed by atoms with Crippen LogP contribution < -0.4 is 11.2 Å². The fourth-order valence-electron chi connectivity index (χ4n) is 4.69. The van der Waals surface area contributed by atoms with Crippen molar-refractivity contribution in [1.29, 1.82) is 0 Å². The summed E-state index contributed by atoms with van der Waals surface area (Å²) >= 11 is 3.01. The Bertz CT molecular complexity index is 1050. The maximum atomic E-state index is 12.8. The third-order valence-electron chi connectivity index (χ3n) is 6.25. The lowest BCUT2D eigenvalue weighted by Crippen LogP contribution is -2.34. The molecule has 1 aliphatic heterocycles. The summed E-state index contributed by atoms with van der Waals surface area (Å²) < 4.78 is 39.8. The van der Waals surface area contributed by atoms with Gasteiger partial charge in [0.1, 0.15) is 0 Å². The first kappa shape index (κ1) is 20.3. The van der Waals surface area contributed by atoms with E-state index in [2.05, 4.69) is 37.8 Å². The van der Waals surface area contributed by atoms with Crippen LogP contribution in [0, 0.1) is 5.41 Å². The third-order valence-corrected chi connectivity index (χ3v) is 6.77. The third kappa shape index (κ3) is 3.56. The van der Waals surface area contributed by atoms with E-state index in [9.17, 15) is 22.8 Å². The topological polar surface area (TPSA) is 71.0 Å². The van der Waals surface area contributed by atoms with Crippen LogP contribution in [0.3, 0.4) is 0 Å². The van der Waals surface area contributed by atoms with Crippen LogP contribution in [0.25, 0.3) is 0 Å². The van der Waals surface area contributed by atoms with Gasteiger partial charge in [-0.3, -0.25) is 9.78 Å². The van der Waals surface area contributed by atoms with Crippen molar-refractivity contribution >= 4 is 15.9 Å². The molecular weight excluding hydrogens is 453 g/mol. The lowest BCUT2D eigenvalue weighted by atomic mass is 9.89. The SMILES string of the molecule is C[C@@]12CN(CCCn3nc(Br)c(=O)[nH]c3=O)C[C@]1(c1ccc(C(F)(F)F)cc1)C2. The number of H-pyrrole nitrogens is 1. The van der Waals surface area contributed by atoms with Gasteiger partial charge in [-0.1, -0.05) is 19.1 Å². The molecule has 0 unspecified atom stereocenters. The Labute approximate surface area is 172 Å².